The Hall–Kier alpha value is -2.80. The topological polar surface area (TPSA) is 146 Å². The van der Waals surface area contributed by atoms with E-state index in [4.69, 9.17) is 35.6 Å². The number of terminal acetylenes is 1. The van der Waals surface area contributed by atoms with Crippen LogP contribution in [0.1, 0.15) is 20.8 Å². The average Bonchev–Trinajstić information content (AvgIpc) is 2.54. The lowest BCUT2D eigenvalue weighted by atomic mass is 9.97. The van der Waals surface area contributed by atoms with E-state index in [1.807, 2.05) is 0 Å². The fraction of sp³-hybridized carbons (Fsp3) is 0.667. The van der Waals surface area contributed by atoms with Gasteiger partial charge in [-0.3, -0.25) is 14.4 Å². The molecule has 1 aliphatic heterocycles. The molecule has 0 spiro atoms. The lowest BCUT2D eigenvalue weighted by Crippen LogP contribution is -2.62. The first kappa shape index (κ1) is 21.2. The minimum absolute atomic E-state index is 0.193. The van der Waals surface area contributed by atoms with Gasteiger partial charge in [0.2, 0.25) is 0 Å². The van der Waals surface area contributed by atoms with E-state index in [-0.39, 0.29) is 13.2 Å². The van der Waals surface area contributed by atoms with Crippen molar-refractivity contribution in [3.8, 4) is 12.3 Å². The first-order chi connectivity index (χ1) is 12.3. The molecule has 26 heavy (non-hydrogen) atoms. The molecule has 0 aliphatic carbocycles. The molecule has 0 bridgehead atoms. The van der Waals surface area contributed by atoms with Gasteiger partial charge in [-0.15, -0.1) is 6.42 Å². The molecule has 1 saturated heterocycles. The van der Waals surface area contributed by atoms with Gasteiger partial charge in [0, 0.05) is 25.7 Å². The highest BCUT2D eigenvalue weighted by Crippen LogP contribution is 2.29. The van der Waals surface area contributed by atoms with Crippen LogP contribution in [0.4, 0.5) is 0 Å². The molecule has 1 aliphatic rings. The van der Waals surface area contributed by atoms with Crippen LogP contribution in [-0.4, -0.2) is 61.8 Å². The van der Waals surface area contributed by atoms with Crippen LogP contribution >= 0.6 is 0 Å². The van der Waals surface area contributed by atoms with Crippen LogP contribution in [0.25, 0.3) is 10.4 Å². The maximum atomic E-state index is 11.5. The molecule has 11 nitrogen and oxygen atoms in total. The number of ether oxygens (including phenoxy) is 5. The van der Waals surface area contributed by atoms with Gasteiger partial charge in [0.1, 0.15) is 12.7 Å². The summed E-state index contributed by atoms with van der Waals surface area (Å²) in [6, 6.07) is 0. The Morgan fingerprint density at radius 1 is 1.08 bits per heavy atom. The highest BCUT2D eigenvalue weighted by molar-refractivity contribution is 5.68. The van der Waals surface area contributed by atoms with Gasteiger partial charge in [0.25, 0.3) is 0 Å². The molecule has 0 radical (unpaired) electrons. The summed E-state index contributed by atoms with van der Waals surface area (Å²) in [4.78, 5) is 37.1. The van der Waals surface area contributed by atoms with Crippen molar-refractivity contribution < 1.29 is 38.1 Å². The van der Waals surface area contributed by atoms with E-state index in [0.29, 0.717) is 0 Å². The highest BCUT2D eigenvalue weighted by Gasteiger charge is 2.52. The molecule has 5 unspecified atom stereocenters. The second kappa shape index (κ2) is 10.2. The highest BCUT2D eigenvalue weighted by atomic mass is 16.7. The number of azide groups is 1. The molecule has 0 aromatic heterocycles. The predicted molar refractivity (Wildman–Crippen MR) is 84.1 cm³/mol. The number of nitrogens with zero attached hydrogens (tertiary/aromatic N) is 3. The summed E-state index contributed by atoms with van der Waals surface area (Å²) in [6.07, 6.45) is -0.800. The number of rotatable bonds is 7. The molecule has 0 N–H and O–H groups in total. The van der Waals surface area contributed by atoms with Gasteiger partial charge in [0.05, 0.1) is 6.54 Å². The fourth-order valence-electron chi connectivity index (χ4n) is 2.38. The molecule has 0 amide bonds. The summed E-state index contributed by atoms with van der Waals surface area (Å²) in [5.41, 5.74) is 8.54. The molecule has 0 aromatic rings. The lowest BCUT2D eigenvalue weighted by molar-refractivity contribution is -0.299. The largest absolute Gasteiger partial charge is 0.456 e. The van der Waals surface area contributed by atoms with Crippen LogP contribution < -0.4 is 0 Å². The number of carbonyl (C=O) groups excluding carboxylic acids is 3. The van der Waals surface area contributed by atoms with E-state index >= 15 is 0 Å². The van der Waals surface area contributed by atoms with Gasteiger partial charge in [0.15, 0.2) is 24.6 Å². The third kappa shape index (κ3) is 6.25. The lowest BCUT2D eigenvalue weighted by Gasteiger charge is -2.43. The van der Waals surface area contributed by atoms with Gasteiger partial charge in [-0.2, -0.15) is 0 Å². The van der Waals surface area contributed by atoms with Crippen molar-refractivity contribution >= 4 is 17.9 Å². The average molecular weight is 369 g/mol. The zero-order valence-corrected chi connectivity index (χ0v) is 14.5. The van der Waals surface area contributed by atoms with Crippen molar-refractivity contribution in [3.63, 3.8) is 0 Å². The van der Waals surface area contributed by atoms with E-state index in [0.717, 1.165) is 20.8 Å². The van der Waals surface area contributed by atoms with Crippen LogP contribution in [-0.2, 0) is 38.1 Å². The summed E-state index contributed by atoms with van der Waals surface area (Å²) >= 11 is 0. The van der Waals surface area contributed by atoms with E-state index in [1.165, 1.54) is 0 Å². The minimum atomic E-state index is -1.25. The second-order valence-corrected chi connectivity index (χ2v) is 5.19. The van der Waals surface area contributed by atoms with Gasteiger partial charge >= 0.3 is 17.9 Å². The zero-order chi connectivity index (χ0) is 19.7. The number of hydrogen-bond donors (Lipinski definition) is 0. The van der Waals surface area contributed by atoms with Crippen LogP contribution in [0, 0.1) is 12.3 Å². The van der Waals surface area contributed by atoms with Gasteiger partial charge in [-0.25, -0.2) is 0 Å². The summed E-state index contributed by atoms with van der Waals surface area (Å²) in [7, 11) is 0. The fourth-order valence-corrected chi connectivity index (χ4v) is 2.38. The quantitative estimate of drug-likeness (QED) is 0.157. The molecule has 0 aromatic carbocycles. The molecular weight excluding hydrogens is 350 g/mol. The minimum Gasteiger partial charge on any atom is -0.456 e. The van der Waals surface area contributed by atoms with Crippen molar-refractivity contribution in [2.75, 3.05) is 13.2 Å². The first-order valence-electron chi connectivity index (χ1n) is 7.53. The Balaban J connectivity index is 3.28. The molecule has 1 heterocycles. The first-order valence-corrected chi connectivity index (χ1v) is 7.53. The molecule has 0 saturated carbocycles. The monoisotopic (exact) mass is 369 g/mol. The maximum Gasteiger partial charge on any atom is 0.303 e. The van der Waals surface area contributed by atoms with Crippen LogP contribution in [0.2, 0.25) is 0 Å². The third-order valence-electron chi connectivity index (χ3n) is 3.15. The zero-order valence-electron chi connectivity index (χ0n) is 14.5. The number of esters is 3. The van der Waals surface area contributed by atoms with Gasteiger partial charge < -0.3 is 23.7 Å². The van der Waals surface area contributed by atoms with E-state index in [9.17, 15) is 14.4 Å². The summed E-state index contributed by atoms with van der Waals surface area (Å²) in [5, 5.41) is 3.39. The van der Waals surface area contributed by atoms with Crippen LogP contribution in [0.5, 0.6) is 0 Å². The van der Waals surface area contributed by atoms with Gasteiger partial charge in [-0.1, -0.05) is 11.0 Å². The van der Waals surface area contributed by atoms with Crippen molar-refractivity contribution in [3.05, 3.63) is 10.4 Å². The van der Waals surface area contributed by atoms with E-state index in [2.05, 4.69) is 15.9 Å². The predicted octanol–water partition coefficient (Wildman–Crippen LogP) is 0.466. The molecule has 1 fully saturated rings. The van der Waals surface area contributed by atoms with Crippen molar-refractivity contribution in [1.29, 1.82) is 0 Å². The maximum absolute atomic E-state index is 11.5. The number of carbonyl (C=O) groups is 3. The smallest absolute Gasteiger partial charge is 0.303 e. The van der Waals surface area contributed by atoms with E-state index in [1.54, 1.807) is 0 Å². The van der Waals surface area contributed by atoms with Crippen LogP contribution in [0.15, 0.2) is 5.11 Å². The van der Waals surface area contributed by atoms with Crippen molar-refractivity contribution in [2.45, 2.75) is 51.5 Å². The van der Waals surface area contributed by atoms with Gasteiger partial charge in [-0.05, 0) is 5.53 Å². The molecule has 1 rings (SSSR count). The SMILES string of the molecule is C#CCOC1OC(CN=[N+]=[N-])C(OC(C)=O)C(OC(C)=O)C1OC(C)=O. The van der Waals surface area contributed by atoms with Crippen molar-refractivity contribution in [1.82, 2.24) is 0 Å². The Bertz CT molecular complexity index is 625. The third-order valence-corrected chi connectivity index (χ3v) is 3.15. The second-order valence-electron chi connectivity index (χ2n) is 5.19. The Morgan fingerprint density at radius 2 is 1.62 bits per heavy atom. The van der Waals surface area contributed by atoms with Crippen LogP contribution in [0.3, 0.4) is 0 Å². The molecule has 5 atom stereocenters. The Kier molecular flexibility index (Phi) is 8.37. The Morgan fingerprint density at radius 3 is 2.12 bits per heavy atom. The summed E-state index contributed by atoms with van der Waals surface area (Å²) in [5.74, 6) is 0.0993. The Labute approximate surface area is 149 Å². The molecule has 11 heteroatoms. The standard InChI is InChI=1S/C15H19N3O8/c1-5-6-22-15-14(25-10(4)21)13(24-9(3)20)12(23-8(2)19)11(26-15)7-17-18-16/h1,11-15H,6-7H2,2-4H3. The molecular formula is C15H19N3O8. The van der Waals surface area contributed by atoms with E-state index < -0.39 is 48.6 Å². The molecule has 142 valence electrons. The van der Waals surface area contributed by atoms with Crippen molar-refractivity contribution in [2.24, 2.45) is 5.11 Å². The number of hydrogen-bond acceptors (Lipinski definition) is 9. The normalized spacial score (nSPS) is 27.4. The summed E-state index contributed by atoms with van der Waals surface area (Å²) in [6.45, 7) is 2.95. The summed E-state index contributed by atoms with van der Waals surface area (Å²) < 4.78 is 26.4.